The summed E-state index contributed by atoms with van der Waals surface area (Å²) >= 11 is 0. The van der Waals surface area contributed by atoms with Crippen LogP contribution in [0.5, 0.6) is 0 Å². The Hall–Kier alpha value is -0.650. The quantitative estimate of drug-likeness (QED) is 0.676. The Labute approximate surface area is 109 Å². The smallest absolute Gasteiger partial charge is 0.249 e. The van der Waals surface area contributed by atoms with E-state index in [2.05, 4.69) is 12.2 Å². The van der Waals surface area contributed by atoms with E-state index in [1.807, 2.05) is 0 Å². The zero-order valence-corrected chi connectivity index (χ0v) is 11.5. The molecule has 1 heterocycles. The molecule has 1 rings (SSSR count). The van der Waals surface area contributed by atoms with Crippen LogP contribution in [-0.2, 0) is 14.3 Å². The average molecular weight is 258 g/mol. The topological polar surface area (TPSA) is 73.6 Å². The van der Waals surface area contributed by atoms with E-state index in [9.17, 15) is 4.79 Å². The summed E-state index contributed by atoms with van der Waals surface area (Å²) in [4.78, 5) is 12.0. The summed E-state index contributed by atoms with van der Waals surface area (Å²) in [5, 5.41) is 3.01. The van der Waals surface area contributed by atoms with Crippen LogP contribution in [0.15, 0.2) is 0 Å². The van der Waals surface area contributed by atoms with Gasteiger partial charge in [0.2, 0.25) is 5.91 Å². The maximum atomic E-state index is 12.0. The van der Waals surface area contributed by atoms with Gasteiger partial charge in [-0.25, -0.2) is 0 Å². The summed E-state index contributed by atoms with van der Waals surface area (Å²) < 4.78 is 10.7. The second-order valence-electron chi connectivity index (χ2n) is 4.86. The maximum Gasteiger partial charge on any atom is 0.249 e. The summed E-state index contributed by atoms with van der Waals surface area (Å²) in [7, 11) is 1.65. The van der Waals surface area contributed by atoms with Crippen molar-refractivity contribution in [1.29, 1.82) is 0 Å². The summed E-state index contributed by atoms with van der Waals surface area (Å²) in [6.07, 6.45) is 4.50. The minimum Gasteiger partial charge on any atom is -0.383 e. The first-order chi connectivity index (χ1) is 8.71. The normalized spacial score (nSPS) is 25.1. The summed E-state index contributed by atoms with van der Waals surface area (Å²) in [5.74, 6) is -0.0240. The molecular formula is C13H26N2O3. The highest BCUT2D eigenvalue weighted by atomic mass is 16.5. The molecule has 0 radical (unpaired) electrons. The van der Waals surface area contributed by atoms with E-state index >= 15 is 0 Å². The van der Waals surface area contributed by atoms with Crippen LogP contribution in [0.2, 0.25) is 0 Å². The Bertz CT molecular complexity index is 248. The number of rotatable bonds is 8. The fraction of sp³-hybridized carbons (Fsp3) is 0.923. The van der Waals surface area contributed by atoms with Gasteiger partial charge in [0.25, 0.3) is 0 Å². The lowest BCUT2D eigenvalue weighted by atomic mass is 10.1. The molecular weight excluding hydrogens is 232 g/mol. The molecule has 3 N–H and O–H groups in total. The zero-order valence-electron chi connectivity index (χ0n) is 11.5. The number of carbonyl (C=O) groups is 1. The Morgan fingerprint density at radius 2 is 2.33 bits per heavy atom. The highest BCUT2D eigenvalue weighted by Gasteiger charge is 2.30. The minimum absolute atomic E-state index is 0.0240. The Morgan fingerprint density at radius 1 is 1.56 bits per heavy atom. The third-order valence-electron chi connectivity index (χ3n) is 3.28. The number of ether oxygens (including phenoxy) is 2. The van der Waals surface area contributed by atoms with E-state index in [1.54, 1.807) is 7.11 Å². The van der Waals surface area contributed by atoms with Gasteiger partial charge in [-0.1, -0.05) is 19.8 Å². The summed E-state index contributed by atoms with van der Waals surface area (Å²) in [6, 6.07) is 0.0861. The van der Waals surface area contributed by atoms with Crippen molar-refractivity contribution in [2.24, 2.45) is 5.73 Å². The molecule has 1 amide bonds. The van der Waals surface area contributed by atoms with Gasteiger partial charge < -0.3 is 20.5 Å². The van der Waals surface area contributed by atoms with Crippen molar-refractivity contribution in [3.63, 3.8) is 0 Å². The molecule has 1 saturated heterocycles. The predicted octanol–water partition coefficient (Wildman–Crippen LogP) is 0.814. The van der Waals surface area contributed by atoms with Gasteiger partial charge in [0.05, 0.1) is 18.8 Å². The summed E-state index contributed by atoms with van der Waals surface area (Å²) in [6.45, 7) is 3.18. The zero-order chi connectivity index (χ0) is 13.4. The Kier molecular flexibility index (Phi) is 7.23. The van der Waals surface area contributed by atoms with Crippen LogP contribution >= 0.6 is 0 Å². The SMILES string of the molecule is CCCCC(COC)NC(=O)[C@@H]1CC[C@H](CN)O1. The van der Waals surface area contributed by atoms with E-state index in [0.29, 0.717) is 13.2 Å². The number of amides is 1. The standard InChI is InChI=1S/C13H26N2O3/c1-3-4-5-10(9-17-2)15-13(16)12-7-6-11(8-14)18-12/h10-12H,3-9,14H2,1-2H3,(H,15,16)/t10?,11-,12+/m1/s1. The largest absolute Gasteiger partial charge is 0.383 e. The van der Waals surface area contributed by atoms with Gasteiger partial charge in [-0.2, -0.15) is 0 Å². The van der Waals surface area contributed by atoms with Crippen molar-refractivity contribution in [3.05, 3.63) is 0 Å². The lowest BCUT2D eigenvalue weighted by Gasteiger charge is -2.20. The summed E-state index contributed by atoms with van der Waals surface area (Å²) in [5.41, 5.74) is 5.53. The number of methoxy groups -OCH3 is 1. The molecule has 3 atom stereocenters. The first-order valence-corrected chi connectivity index (χ1v) is 6.86. The van der Waals surface area contributed by atoms with Crippen LogP contribution in [0.3, 0.4) is 0 Å². The number of hydrogen-bond donors (Lipinski definition) is 2. The van der Waals surface area contributed by atoms with Crippen molar-refractivity contribution in [1.82, 2.24) is 5.32 Å². The molecule has 0 bridgehead atoms. The molecule has 18 heavy (non-hydrogen) atoms. The maximum absolute atomic E-state index is 12.0. The van der Waals surface area contributed by atoms with Crippen LogP contribution in [0.25, 0.3) is 0 Å². The van der Waals surface area contributed by atoms with Gasteiger partial charge in [-0.3, -0.25) is 4.79 Å². The average Bonchev–Trinajstić information content (AvgIpc) is 2.85. The lowest BCUT2D eigenvalue weighted by Crippen LogP contribution is -2.43. The van der Waals surface area contributed by atoms with Gasteiger partial charge in [0.1, 0.15) is 6.10 Å². The third-order valence-corrected chi connectivity index (χ3v) is 3.28. The van der Waals surface area contributed by atoms with E-state index in [-0.39, 0.29) is 24.2 Å². The number of nitrogens with two attached hydrogens (primary N) is 1. The molecule has 0 aromatic heterocycles. The van der Waals surface area contributed by atoms with Crippen LogP contribution in [-0.4, -0.2) is 44.4 Å². The fourth-order valence-corrected chi connectivity index (χ4v) is 2.21. The predicted molar refractivity (Wildman–Crippen MR) is 70.3 cm³/mol. The van der Waals surface area contributed by atoms with Crippen molar-refractivity contribution in [3.8, 4) is 0 Å². The number of carbonyl (C=O) groups excluding carboxylic acids is 1. The molecule has 1 aliphatic heterocycles. The van der Waals surface area contributed by atoms with Crippen molar-refractivity contribution in [2.45, 2.75) is 57.3 Å². The second-order valence-corrected chi connectivity index (χ2v) is 4.86. The van der Waals surface area contributed by atoms with Crippen molar-refractivity contribution < 1.29 is 14.3 Å². The first-order valence-electron chi connectivity index (χ1n) is 6.86. The van der Waals surface area contributed by atoms with Crippen LogP contribution in [0, 0.1) is 0 Å². The third kappa shape index (κ3) is 4.92. The van der Waals surface area contributed by atoms with E-state index < -0.39 is 0 Å². The van der Waals surface area contributed by atoms with E-state index in [1.165, 1.54) is 0 Å². The second kappa shape index (κ2) is 8.45. The molecule has 106 valence electrons. The van der Waals surface area contributed by atoms with Gasteiger partial charge in [-0.05, 0) is 19.3 Å². The highest BCUT2D eigenvalue weighted by Crippen LogP contribution is 2.19. The lowest BCUT2D eigenvalue weighted by molar-refractivity contribution is -0.133. The van der Waals surface area contributed by atoms with E-state index in [0.717, 1.165) is 32.1 Å². The molecule has 5 nitrogen and oxygen atoms in total. The molecule has 0 aromatic rings. The number of hydrogen-bond acceptors (Lipinski definition) is 4. The fourth-order valence-electron chi connectivity index (χ4n) is 2.21. The van der Waals surface area contributed by atoms with Crippen molar-refractivity contribution >= 4 is 5.91 Å². The molecule has 0 aromatic carbocycles. The Balaban J connectivity index is 2.35. The number of nitrogens with one attached hydrogen (secondary N) is 1. The molecule has 5 heteroatoms. The highest BCUT2D eigenvalue weighted by molar-refractivity contribution is 5.81. The van der Waals surface area contributed by atoms with Crippen LogP contribution in [0.4, 0.5) is 0 Å². The van der Waals surface area contributed by atoms with Gasteiger partial charge >= 0.3 is 0 Å². The van der Waals surface area contributed by atoms with Crippen molar-refractivity contribution in [2.75, 3.05) is 20.3 Å². The van der Waals surface area contributed by atoms with E-state index in [4.69, 9.17) is 15.2 Å². The van der Waals surface area contributed by atoms with Crippen LogP contribution in [0.1, 0.15) is 39.0 Å². The first kappa shape index (κ1) is 15.4. The molecule has 0 aliphatic carbocycles. The minimum atomic E-state index is -0.334. The molecule has 1 aliphatic rings. The Morgan fingerprint density at radius 3 is 2.89 bits per heavy atom. The monoisotopic (exact) mass is 258 g/mol. The molecule has 0 spiro atoms. The molecule has 1 fully saturated rings. The molecule has 1 unspecified atom stereocenters. The van der Waals surface area contributed by atoms with Gasteiger partial charge in [0.15, 0.2) is 0 Å². The number of unbranched alkanes of at least 4 members (excludes halogenated alkanes) is 1. The molecule has 0 saturated carbocycles. The van der Waals surface area contributed by atoms with Crippen LogP contribution < -0.4 is 11.1 Å². The van der Waals surface area contributed by atoms with Gasteiger partial charge in [-0.15, -0.1) is 0 Å². The van der Waals surface area contributed by atoms with Gasteiger partial charge in [0, 0.05) is 13.7 Å².